The second-order valence-electron chi connectivity index (χ2n) is 5.28. The van der Waals surface area contributed by atoms with E-state index < -0.39 is 29.0 Å². The van der Waals surface area contributed by atoms with E-state index in [4.69, 9.17) is 4.42 Å². The van der Waals surface area contributed by atoms with Gasteiger partial charge in [0.05, 0.1) is 5.56 Å². The van der Waals surface area contributed by atoms with Crippen LogP contribution in [0.3, 0.4) is 0 Å². The van der Waals surface area contributed by atoms with E-state index in [9.17, 15) is 23.5 Å². The van der Waals surface area contributed by atoms with Crippen LogP contribution in [0.1, 0.15) is 35.0 Å². The number of hydrogen-bond acceptors (Lipinski definition) is 5. The number of nitrogens with one attached hydrogen (secondary N) is 1. The number of phenols is 1. The van der Waals surface area contributed by atoms with Crippen LogP contribution in [0.25, 0.3) is 0 Å². The van der Waals surface area contributed by atoms with Crippen molar-refractivity contribution in [3.8, 4) is 5.75 Å². The summed E-state index contributed by atoms with van der Waals surface area (Å²) in [7, 11) is 0. The van der Waals surface area contributed by atoms with Crippen LogP contribution in [0.2, 0.25) is 0 Å². The normalized spacial score (nSPS) is 15.8. The van der Waals surface area contributed by atoms with Crippen molar-refractivity contribution < 1.29 is 23.1 Å². The quantitative estimate of drug-likeness (QED) is 0.868. The first-order valence-electron chi connectivity index (χ1n) is 6.99. The molecule has 0 saturated carbocycles. The number of benzene rings is 1. The fourth-order valence-corrected chi connectivity index (χ4v) is 2.62. The Hall–Kier alpha value is -2.71. The van der Waals surface area contributed by atoms with Gasteiger partial charge in [-0.05, 0) is 25.0 Å². The number of aromatic amines is 1. The van der Waals surface area contributed by atoms with Crippen molar-refractivity contribution >= 4 is 5.91 Å². The van der Waals surface area contributed by atoms with E-state index in [1.54, 1.807) is 0 Å². The second kappa shape index (κ2) is 5.82. The van der Waals surface area contributed by atoms with E-state index in [1.165, 1.54) is 4.90 Å². The first-order valence-corrected chi connectivity index (χ1v) is 6.99. The van der Waals surface area contributed by atoms with Gasteiger partial charge in [0, 0.05) is 19.0 Å². The van der Waals surface area contributed by atoms with Gasteiger partial charge in [-0.2, -0.15) is 0 Å². The maximum atomic E-state index is 13.8. The Balaban J connectivity index is 1.71. The van der Waals surface area contributed by atoms with Gasteiger partial charge in [0.2, 0.25) is 5.89 Å². The molecule has 1 aromatic carbocycles. The number of aromatic hydroxyl groups is 1. The topological polar surface area (TPSA) is 99.4 Å². The van der Waals surface area contributed by atoms with Crippen molar-refractivity contribution in [1.29, 1.82) is 0 Å². The average molecular weight is 325 g/mol. The second-order valence-corrected chi connectivity index (χ2v) is 5.28. The van der Waals surface area contributed by atoms with Crippen molar-refractivity contribution in [2.75, 3.05) is 13.1 Å². The maximum absolute atomic E-state index is 13.8. The van der Waals surface area contributed by atoms with E-state index in [0.717, 1.165) is 12.1 Å². The summed E-state index contributed by atoms with van der Waals surface area (Å²) in [4.78, 5) is 24.6. The summed E-state index contributed by atoms with van der Waals surface area (Å²) in [6, 6.07) is 1.85. The van der Waals surface area contributed by atoms with Crippen LogP contribution in [0.4, 0.5) is 8.78 Å². The smallest absolute Gasteiger partial charge is 0.434 e. The molecule has 0 bridgehead atoms. The molecule has 1 aliphatic rings. The number of amides is 1. The number of hydrogen-bond donors (Lipinski definition) is 2. The molecule has 3 rings (SSSR count). The SMILES string of the molecule is O=C(c1ccc(F)c(O)c1F)N1CCC(c2n[nH]c(=O)o2)CC1. The fraction of sp³-hybridized carbons (Fsp3) is 0.357. The molecule has 2 N–H and O–H groups in total. The Labute approximate surface area is 128 Å². The molecule has 0 aliphatic carbocycles. The van der Waals surface area contributed by atoms with Gasteiger partial charge in [-0.3, -0.25) is 4.79 Å². The first-order chi connectivity index (χ1) is 11.0. The van der Waals surface area contributed by atoms with Crippen LogP contribution in [0.5, 0.6) is 5.75 Å². The van der Waals surface area contributed by atoms with Gasteiger partial charge in [-0.25, -0.2) is 18.7 Å². The largest absolute Gasteiger partial charge is 0.503 e. The molecule has 0 spiro atoms. The highest BCUT2D eigenvalue weighted by Gasteiger charge is 2.29. The number of rotatable bonds is 2. The number of aromatic nitrogens is 2. The predicted molar refractivity (Wildman–Crippen MR) is 73.0 cm³/mol. The Bertz CT molecular complexity index is 794. The van der Waals surface area contributed by atoms with Crippen molar-refractivity contribution in [3.05, 3.63) is 45.8 Å². The van der Waals surface area contributed by atoms with Gasteiger partial charge < -0.3 is 14.4 Å². The minimum absolute atomic E-state index is 0.107. The molecule has 7 nitrogen and oxygen atoms in total. The molecule has 2 heterocycles. The molecule has 0 unspecified atom stereocenters. The highest BCUT2D eigenvalue weighted by atomic mass is 19.1. The third-order valence-corrected chi connectivity index (χ3v) is 3.88. The Morgan fingerprint density at radius 2 is 2.04 bits per heavy atom. The van der Waals surface area contributed by atoms with E-state index in [1.807, 2.05) is 0 Å². The van der Waals surface area contributed by atoms with Gasteiger partial charge in [0.1, 0.15) is 0 Å². The summed E-state index contributed by atoms with van der Waals surface area (Å²) < 4.78 is 31.7. The van der Waals surface area contributed by atoms with Gasteiger partial charge in [-0.15, -0.1) is 5.10 Å². The maximum Gasteiger partial charge on any atom is 0.434 e. The van der Waals surface area contributed by atoms with Crippen LogP contribution in [-0.4, -0.2) is 39.2 Å². The van der Waals surface area contributed by atoms with E-state index in [-0.39, 0.29) is 17.4 Å². The number of nitrogens with zero attached hydrogens (tertiary/aromatic N) is 2. The van der Waals surface area contributed by atoms with Gasteiger partial charge in [0.15, 0.2) is 17.4 Å². The van der Waals surface area contributed by atoms with Crippen LogP contribution in [0, 0.1) is 11.6 Å². The lowest BCUT2D eigenvalue weighted by atomic mass is 9.96. The third-order valence-electron chi connectivity index (χ3n) is 3.88. The zero-order valence-electron chi connectivity index (χ0n) is 11.9. The van der Waals surface area contributed by atoms with E-state index in [0.29, 0.717) is 25.9 Å². The van der Waals surface area contributed by atoms with Crippen molar-refractivity contribution in [3.63, 3.8) is 0 Å². The van der Waals surface area contributed by atoms with Crippen LogP contribution in [-0.2, 0) is 0 Å². The van der Waals surface area contributed by atoms with Crippen LogP contribution >= 0.6 is 0 Å². The minimum Gasteiger partial charge on any atom is -0.503 e. The molecule has 1 amide bonds. The lowest BCUT2D eigenvalue weighted by molar-refractivity contribution is 0.0700. The number of carbonyl (C=O) groups is 1. The number of likely N-dealkylation sites (tertiary alicyclic amines) is 1. The van der Waals surface area contributed by atoms with E-state index >= 15 is 0 Å². The van der Waals surface area contributed by atoms with Crippen LogP contribution < -0.4 is 5.76 Å². The average Bonchev–Trinajstić information content (AvgIpc) is 2.99. The molecule has 0 atom stereocenters. The number of H-pyrrole nitrogens is 1. The Morgan fingerprint density at radius 3 is 2.65 bits per heavy atom. The monoisotopic (exact) mass is 325 g/mol. The van der Waals surface area contributed by atoms with Crippen molar-refractivity contribution in [2.45, 2.75) is 18.8 Å². The summed E-state index contributed by atoms with van der Waals surface area (Å²) >= 11 is 0. The molecule has 1 saturated heterocycles. The summed E-state index contributed by atoms with van der Waals surface area (Å²) in [5.41, 5.74) is -0.381. The molecule has 1 fully saturated rings. The molecular weight excluding hydrogens is 312 g/mol. The summed E-state index contributed by atoms with van der Waals surface area (Å²) in [5.74, 6) is -4.63. The van der Waals surface area contributed by atoms with Gasteiger partial charge >= 0.3 is 5.76 Å². The molecule has 2 aromatic rings. The number of phenolic OH excluding ortho intramolecular Hbond substituents is 1. The summed E-state index contributed by atoms with van der Waals surface area (Å²) in [5, 5.41) is 15.2. The number of carbonyl (C=O) groups excluding carboxylic acids is 1. The molecule has 1 aromatic heterocycles. The van der Waals surface area contributed by atoms with Crippen LogP contribution in [0.15, 0.2) is 21.3 Å². The van der Waals surface area contributed by atoms with Crippen molar-refractivity contribution in [2.24, 2.45) is 0 Å². The first kappa shape index (κ1) is 15.2. The highest BCUT2D eigenvalue weighted by Crippen LogP contribution is 2.28. The van der Waals surface area contributed by atoms with E-state index in [2.05, 4.69) is 10.2 Å². The van der Waals surface area contributed by atoms with Gasteiger partial charge in [-0.1, -0.05) is 0 Å². The number of halogens is 2. The molecule has 0 radical (unpaired) electrons. The summed E-state index contributed by atoms with van der Waals surface area (Å²) in [6.45, 7) is 0.606. The van der Waals surface area contributed by atoms with Crippen molar-refractivity contribution in [1.82, 2.24) is 15.1 Å². The highest BCUT2D eigenvalue weighted by molar-refractivity contribution is 5.95. The lowest BCUT2D eigenvalue weighted by Gasteiger charge is -2.30. The number of piperidine rings is 1. The zero-order chi connectivity index (χ0) is 16.6. The predicted octanol–water partition coefficient (Wildman–Crippen LogP) is 1.37. The standard InChI is InChI=1S/C14H13F2N3O4/c15-9-2-1-8(10(16)11(9)20)13(21)19-5-3-7(4-6-19)12-17-18-14(22)23-12/h1-2,7,20H,3-6H2,(H,18,22). The lowest BCUT2D eigenvalue weighted by Crippen LogP contribution is -2.38. The molecule has 122 valence electrons. The fourth-order valence-electron chi connectivity index (χ4n) is 2.62. The Kier molecular flexibility index (Phi) is 3.85. The molecule has 23 heavy (non-hydrogen) atoms. The molecule has 1 aliphatic heterocycles. The molecular formula is C14H13F2N3O4. The minimum atomic E-state index is -1.27. The summed E-state index contributed by atoms with van der Waals surface area (Å²) in [6.07, 6.45) is 0.989. The molecule has 9 heteroatoms. The Morgan fingerprint density at radius 1 is 1.35 bits per heavy atom. The van der Waals surface area contributed by atoms with Gasteiger partial charge in [0.25, 0.3) is 5.91 Å². The third kappa shape index (κ3) is 2.81. The zero-order valence-corrected chi connectivity index (χ0v) is 11.9.